The van der Waals surface area contributed by atoms with Crippen LogP contribution >= 0.6 is 0 Å². The molecule has 1 fully saturated rings. The molecule has 0 spiro atoms. The maximum atomic E-state index is 12.3. The number of nitrogens with zero attached hydrogens (tertiary/aromatic N) is 3. The van der Waals surface area contributed by atoms with Crippen molar-refractivity contribution in [1.29, 1.82) is 0 Å². The molecule has 130 valence electrons. The highest BCUT2D eigenvalue weighted by Crippen LogP contribution is 2.23. The van der Waals surface area contributed by atoms with E-state index in [4.69, 9.17) is 0 Å². The molecule has 1 aliphatic rings. The lowest BCUT2D eigenvalue weighted by Gasteiger charge is -2.34. The van der Waals surface area contributed by atoms with Crippen molar-refractivity contribution < 1.29 is 4.79 Å². The molecule has 5 nitrogen and oxygen atoms in total. The highest BCUT2D eigenvalue weighted by molar-refractivity contribution is 5.76. The molecule has 2 aromatic rings. The number of piperidine rings is 1. The van der Waals surface area contributed by atoms with E-state index in [9.17, 15) is 4.79 Å². The molecule has 0 radical (unpaired) electrons. The smallest absolute Gasteiger partial charge is 0.317 e. The van der Waals surface area contributed by atoms with Gasteiger partial charge in [0.25, 0.3) is 0 Å². The number of hydrogen-bond donors (Lipinski definition) is 1. The monoisotopic (exact) mass is 328 g/mol. The first-order valence-corrected chi connectivity index (χ1v) is 8.82. The van der Waals surface area contributed by atoms with Crippen LogP contribution in [0.2, 0.25) is 0 Å². The Morgan fingerprint density at radius 1 is 1.25 bits per heavy atom. The van der Waals surface area contributed by atoms with Crippen LogP contribution in [0, 0.1) is 12.8 Å². The van der Waals surface area contributed by atoms with Gasteiger partial charge in [-0.3, -0.25) is 0 Å². The highest BCUT2D eigenvalue weighted by atomic mass is 16.2. The number of aryl methyl sites for hydroxylation is 1. The molecule has 2 heterocycles. The molecule has 1 aromatic carbocycles. The number of imidazole rings is 1. The Morgan fingerprint density at radius 3 is 2.58 bits per heavy atom. The first-order chi connectivity index (χ1) is 11.3. The van der Waals surface area contributed by atoms with Crippen LogP contribution in [-0.2, 0) is 6.54 Å². The van der Waals surface area contributed by atoms with E-state index in [1.54, 1.807) is 0 Å². The van der Waals surface area contributed by atoms with Gasteiger partial charge in [-0.05, 0) is 58.6 Å². The average Bonchev–Trinajstić information content (AvgIpc) is 2.82. The van der Waals surface area contributed by atoms with Crippen LogP contribution < -0.4 is 5.32 Å². The Labute approximate surface area is 144 Å². The number of hydrogen-bond acceptors (Lipinski definition) is 2. The van der Waals surface area contributed by atoms with Gasteiger partial charge in [-0.1, -0.05) is 12.1 Å². The van der Waals surface area contributed by atoms with E-state index in [-0.39, 0.29) is 11.6 Å². The SMILES string of the molecule is Cc1nc2ccccc2n1CC1CCN(C(=O)NC(C)(C)C)CC1. The normalized spacial score (nSPS) is 16.6. The molecular weight excluding hydrogens is 300 g/mol. The number of carbonyl (C=O) groups is 1. The van der Waals surface area contributed by atoms with Crippen molar-refractivity contribution in [2.45, 2.75) is 52.6 Å². The summed E-state index contributed by atoms with van der Waals surface area (Å²) in [4.78, 5) is 18.9. The van der Waals surface area contributed by atoms with Crippen LogP contribution in [0.1, 0.15) is 39.4 Å². The number of nitrogens with one attached hydrogen (secondary N) is 1. The third kappa shape index (κ3) is 3.71. The van der Waals surface area contributed by atoms with Crippen LogP contribution in [0.15, 0.2) is 24.3 Å². The molecule has 5 heteroatoms. The van der Waals surface area contributed by atoms with E-state index in [1.165, 1.54) is 5.52 Å². The summed E-state index contributed by atoms with van der Waals surface area (Å²) in [6.07, 6.45) is 2.09. The second-order valence-corrected chi connectivity index (χ2v) is 7.87. The molecule has 24 heavy (non-hydrogen) atoms. The number of fused-ring (bicyclic) bond motifs is 1. The number of aromatic nitrogens is 2. The highest BCUT2D eigenvalue weighted by Gasteiger charge is 2.25. The largest absolute Gasteiger partial charge is 0.333 e. The summed E-state index contributed by atoms with van der Waals surface area (Å²) in [6, 6.07) is 8.37. The number of rotatable bonds is 2. The van der Waals surface area contributed by atoms with E-state index in [0.717, 1.165) is 43.8 Å². The minimum atomic E-state index is -0.180. The minimum Gasteiger partial charge on any atom is -0.333 e. The van der Waals surface area contributed by atoms with Gasteiger partial charge in [0.15, 0.2) is 0 Å². The lowest BCUT2D eigenvalue weighted by atomic mass is 9.96. The molecular formula is C19H28N4O. The molecule has 0 bridgehead atoms. The quantitative estimate of drug-likeness (QED) is 0.916. The first kappa shape index (κ1) is 16.8. The molecule has 3 rings (SSSR count). The zero-order valence-corrected chi connectivity index (χ0v) is 15.2. The number of para-hydroxylation sites is 2. The summed E-state index contributed by atoms with van der Waals surface area (Å²) in [5.41, 5.74) is 2.10. The van der Waals surface area contributed by atoms with Gasteiger partial charge in [-0.25, -0.2) is 9.78 Å². The van der Waals surface area contributed by atoms with E-state index < -0.39 is 0 Å². The van der Waals surface area contributed by atoms with Crippen molar-refractivity contribution in [2.24, 2.45) is 5.92 Å². The Kier molecular flexibility index (Phi) is 4.52. The predicted molar refractivity (Wildman–Crippen MR) is 97.1 cm³/mol. The van der Waals surface area contributed by atoms with E-state index in [1.807, 2.05) is 31.7 Å². The van der Waals surface area contributed by atoms with Crippen molar-refractivity contribution in [1.82, 2.24) is 19.8 Å². The second kappa shape index (κ2) is 6.46. The molecule has 0 unspecified atom stereocenters. The van der Waals surface area contributed by atoms with Gasteiger partial charge in [0.2, 0.25) is 0 Å². The van der Waals surface area contributed by atoms with E-state index in [0.29, 0.717) is 5.92 Å². The number of likely N-dealkylation sites (tertiary alicyclic amines) is 1. The standard InChI is InChI=1S/C19H28N4O/c1-14-20-16-7-5-6-8-17(16)23(14)13-15-9-11-22(12-10-15)18(24)21-19(2,3)4/h5-8,15H,9-13H2,1-4H3,(H,21,24). The Balaban J connectivity index is 1.61. The molecule has 1 aliphatic heterocycles. The lowest BCUT2D eigenvalue weighted by molar-refractivity contribution is 0.159. The minimum absolute atomic E-state index is 0.0604. The maximum Gasteiger partial charge on any atom is 0.317 e. The fraction of sp³-hybridized carbons (Fsp3) is 0.579. The predicted octanol–water partition coefficient (Wildman–Crippen LogP) is 3.56. The third-order valence-corrected chi connectivity index (χ3v) is 4.67. The van der Waals surface area contributed by atoms with E-state index >= 15 is 0 Å². The van der Waals surface area contributed by atoms with Gasteiger partial charge in [-0.2, -0.15) is 0 Å². The zero-order chi connectivity index (χ0) is 17.3. The number of carbonyl (C=O) groups excluding carboxylic acids is 1. The summed E-state index contributed by atoms with van der Waals surface area (Å²) in [5.74, 6) is 1.67. The van der Waals surface area contributed by atoms with Crippen LogP contribution in [0.4, 0.5) is 4.79 Å². The first-order valence-electron chi connectivity index (χ1n) is 8.82. The van der Waals surface area contributed by atoms with Crippen LogP contribution in [0.5, 0.6) is 0 Å². The van der Waals surface area contributed by atoms with Crippen molar-refractivity contribution >= 4 is 17.1 Å². The summed E-state index contributed by atoms with van der Waals surface area (Å²) in [5, 5.41) is 3.05. The fourth-order valence-corrected chi connectivity index (χ4v) is 3.40. The lowest BCUT2D eigenvalue weighted by Crippen LogP contribution is -2.50. The molecule has 0 saturated carbocycles. The van der Waals surface area contributed by atoms with Crippen molar-refractivity contribution in [3.05, 3.63) is 30.1 Å². The third-order valence-electron chi connectivity index (χ3n) is 4.67. The van der Waals surface area contributed by atoms with Crippen LogP contribution in [0.3, 0.4) is 0 Å². The molecule has 0 atom stereocenters. The number of urea groups is 1. The summed E-state index contributed by atoms with van der Waals surface area (Å²) < 4.78 is 2.32. The summed E-state index contributed by atoms with van der Waals surface area (Å²) >= 11 is 0. The van der Waals surface area contributed by atoms with Crippen molar-refractivity contribution in [3.8, 4) is 0 Å². The average molecular weight is 328 g/mol. The molecule has 1 saturated heterocycles. The van der Waals surface area contributed by atoms with Gasteiger partial charge in [-0.15, -0.1) is 0 Å². The van der Waals surface area contributed by atoms with Crippen molar-refractivity contribution in [3.63, 3.8) is 0 Å². The van der Waals surface area contributed by atoms with Gasteiger partial charge >= 0.3 is 6.03 Å². The fourth-order valence-electron chi connectivity index (χ4n) is 3.40. The molecule has 0 aliphatic carbocycles. The van der Waals surface area contributed by atoms with E-state index in [2.05, 4.69) is 40.0 Å². The molecule has 1 N–H and O–H groups in total. The number of amides is 2. The Bertz CT molecular complexity index is 721. The van der Waals surface area contributed by atoms with Gasteiger partial charge in [0.05, 0.1) is 11.0 Å². The zero-order valence-electron chi connectivity index (χ0n) is 15.2. The summed E-state index contributed by atoms with van der Waals surface area (Å²) in [7, 11) is 0. The van der Waals surface area contributed by atoms with Gasteiger partial charge in [0.1, 0.15) is 5.82 Å². The summed E-state index contributed by atoms with van der Waals surface area (Å²) in [6.45, 7) is 10.8. The van der Waals surface area contributed by atoms with Crippen LogP contribution in [0.25, 0.3) is 11.0 Å². The van der Waals surface area contributed by atoms with Gasteiger partial charge < -0.3 is 14.8 Å². The number of benzene rings is 1. The second-order valence-electron chi connectivity index (χ2n) is 7.87. The topological polar surface area (TPSA) is 50.2 Å². The maximum absolute atomic E-state index is 12.3. The van der Waals surface area contributed by atoms with Crippen molar-refractivity contribution in [2.75, 3.05) is 13.1 Å². The van der Waals surface area contributed by atoms with Gasteiger partial charge in [0, 0.05) is 25.2 Å². The van der Waals surface area contributed by atoms with Crippen LogP contribution in [-0.4, -0.2) is 39.1 Å². The molecule has 2 amide bonds. The Morgan fingerprint density at radius 2 is 1.92 bits per heavy atom. The molecule has 1 aromatic heterocycles. The Hall–Kier alpha value is -2.04.